The molecule has 1 heterocycles. The Balaban J connectivity index is 2.36. The molecule has 0 fully saturated rings. The van der Waals surface area contributed by atoms with Gasteiger partial charge in [-0.05, 0) is 30.3 Å². The fourth-order valence-electron chi connectivity index (χ4n) is 2.32. The first kappa shape index (κ1) is 12.3. The van der Waals surface area contributed by atoms with E-state index in [-0.39, 0.29) is 5.75 Å². The summed E-state index contributed by atoms with van der Waals surface area (Å²) in [5.41, 5.74) is 1.75. The number of phenols is 1. The molecule has 0 bridgehead atoms. The first-order valence-electron chi connectivity index (χ1n) is 6.05. The number of carbonyl (C=O) groups excluding carboxylic acids is 1. The minimum Gasteiger partial charge on any atom is -0.506 e. The maximum atomic E-state index is 11.6. The molecule has 0 aliphatic carbocycles. The molecule has 0 atom stereocenters. The molecule has 0 radical (unpaired) electrons. The van der Waals surface area contributed by atoms with Gasteiger partial charge >= 0.3 is 5.97 Å². The van der Waals surface area contributed by atoms with E-state index >= 15 is 0 Å². The van der Waals surface area contributed by atoms with Crippen molar-refractivity contribution in [2.75, 3.05) is 14.2 Å². The molecule has 0 saturated heterocycles. The lowest BCUT2D eigenvalue weighted by Crippen LogP contribution is -2.00. The molecule has 2 N–H and O–H groups in total. The molecule has 5 heteroatoms. The van der Waals surface area contributed by atoms with Gasteiger partial charge in [0.15, 0.2) is 0 Å². The Bertz CT molecular complexity index is 819. The maximum absolute atomic E-state index is 11.6. The van der Waals surface area contributed by atoms with E-state index in [0.717, 1.165) is 16.3 Å². The van der Waals surface area contributed by atoms with E-state index in [0.29, 0.717) is 16.8 Å². The fourth-order valence-corrected chi connectivity index (χ4v) is 2.32. The van der Waals surface area contributed by atoms with Crippen LogP contribution in [0.25, 0.3) is 21.8 Å². The number of nitrogens with one attached hydrogen (secondary N) is 1. The van der Waals surface area contributed by atoms with Crippen LogP contribution in [-0.4, -0.2) is 30.3 Å². The van der Waals surface area contributed by atoms with Crippen LogP contribution in [0, 0.1) is 0 Å². The third-order valence-electron chi connectivity index (χ3n) is 3.32. The van der Waals surface area contributed by atoms with Crippen LogP contribution in [0.3, 0.4) is 0 Å². The number of aromatic nitrogens is 1. The second-order valence-electron chi connectivity index (χ2n) is 4.45. The number of hydrogen-bond donors (Lipinski definition) is 2. The van der Waals surface area contributed by atoms with E-state index < -0.39 is 5.97 Å². The molecule has 0 unspecified atom stereocenters. The number of fused-ring (bicyclic) bond motifs is 3. The summed E-state index contributed by atoms with van der Waals surface area (Å²) >= 11 is 0. The zero-order valence-electron chi connectivity index (χ0n) is 11.1. The Hall–Kier alpha value is -2.69. The van der Waals surface area contributed by atoms with E-state index in [9.17, 15) is 9.90 Å². The number of aromatic amines is 1. The molecule has 0 aliphatic rings. The highest BCUT2D eigenvalue weighted by Crippen LogP contribution is 2.34. The topological polar surface area (TPSA) is 71.5 Å². The van der Waals surface area contributed by atoms with Crippen molar-refractivity contribution >= 4 is 27.8 Å². The first-order valence-corrected chi connectivity index (χ1v) is 6.05. The van der Waals surface area contributed by atoms with E-state index in [1.54, 1.807) is 13.2 Å². The average Bonchev–Trinajstić information content (AvgIpc) is 2.84. The SMILES string of the molecule is COC(=O)c1cc(O)c2[nH]c3ccc(OC)cc3c2c1. The van der Waals surface area contributed by atoms with Crippen molar-refractivity contribution < 1.29 is 19.4 Å². The van der Waals surface area contributed by atoms with Gasteiger partial charge in [0.1, 0.15) is 11.5 Å². The van der Waals surface area contributed by atoms with Gasteiger partial charge in [-0.3, -0.25) is 0 Å². The Morgan fingerprint density at radius 2 is 1.95 bits per heavy atom. The lowest BCUT2D eigenvalue weighted by atomic mass is 10.1. The number of rotatable bonds is 2. The fraction of sp³-hybridized carbons (Fsp3) is 0.133. The zero-order valence-corrected chi connectivity index (χ0v) is 11.1. The van der Waals surface area contributed by atoms with Crippen molar-refractivity contribution in [1.29, 1.82) is 0 Å². The Labute approximate surface area is 114 Å². The number of aromatic hydroxyl groups is 1. The summed E-state index contributed by atoms with van der Waals surface area (Å²) in [5.74, 6) is 0.235. The first-order chi connectivity index (χ1) is 9.63. The summed E-state index contributed by atoms with van der Waals surface area (Å²) < 4.78 is 9.89. The van der Waals surface area contributed by atoms with Gasteiger partial charge in [-0.15, -0.1) is 0 Å². The van der Waals surface area contributed by atoms with Crippen LogP contribution in [0.15, 0.2) is 30.3 Å². The minimum atomic E-state index is -0.487. The predicted molar refractivity (Wildman–Crippen MR) is 75.4 cm³/mol. The molecule has 5 nitrogen and oxygen atoms in total. The van der Waals surface area contributed by atoms with Crippen molar-refractivity contribution in [3.63, 3.8) is 0 Å². The molecular formula is C15H13NO4. The summed E-state index contributed by atoms with van der Waals surface area (Å²) in [6.45, 7) is 0. The molecule has 0 aliphatic heterocycles. The van der Waals surface area contributed by atoms with E-state index in [1.807, 2.05) is 18.2 Å². The quantitative estimate of drug-likeness (QED) is 0.703. The van der Waals surface area contributed by atoms with Gasteiger partial charge < -0.3 is 19.6 Å². The van der Waals surface area contributed by atoms with Gasteiger partial charge in [-0.25, -0.2) is 4.79 Å². The van der Waals surface area contributed by atoms with Crippen molar-refractivity contribution in [2.24, 2.45) is 0 Å². The molecule has 3 rings (SSSR count). The average molecular weight is 271 g/mol. The molecule has 2 aromatic carbocycles. The van der Waals surface area contributed by atoms with Crippen molar-refractivity contribution in [2.45, 2.75) is 0 Å². The molecule has 0 amide bonds. The van der Waals surface area contributed by atoms with E-state index in [2.05, 4.69) is 9.72 Å². The predicted octanol–water partition coefficient (Wildman–Crippen LogP) is 2.82. The van der Waals surface area contributed by atoms with Crippen molar-refractivity contribution in [3.8, 4) is 11.5 Å². The molecule has 0 spiro atoms. The van der Waals surface area contributed by atoms with Crippen LogP contribution >= 0.6 is 0 Å². The van der Waals surface area contributed by atoms with Gasteiger partial charge in [0.25, 0.3) is 0 Å². The second kappa shape index (κ2) is 4.45. The van der Waals surface area contributed by atoms with Crippen LogP contribution in [0.5, 0.6) is 11.5 Å². The summed E-state index contributed by atoms with van der Waals surface area (Å²) in [4.78, 5) is 14.7. The monoisotopic (exact) mass is 271 g/mol. The molecule has 0 saturated carbocycles. The number of carbonyl (C=O) groups is 1. The number of H-pyrrole nitrogens is 1. The summed E-state index contributed by atoms with van der Waals surface area (Å²) in [6.07, 6.45) is 0. The van der Waals surface area contributed by atoms with Gasteiger partial charge in [-0.1, -0.05) is 0 Å². The third kappa shape index (κ3) is 1.75. The number of esters is 1. The smallest absolute Gasteiger partial charge is 0.338 e. The maximum Gasteiger partial charge on any atom is 0.338 e. The molecule has 102 valence electrons. The lowest BCUT2D eigenvalue weighted by molar-refractivity contribution is 0.0600. The minimum absolute atomic E-state index is 0.0121. The number of benzene rings is 2. The van der Waals surface area contributed by atoms with Gasteiger partial charge in [0, 0.05) is 16.3 Å². The third-order valence-corrected chi connectivity index (χ3v) is 3.32. The number of phenolic OH excluding ortho intramolecular Hbond substituents is 1. The Kier molecular flexibility index (Phi) is 2.75. The molecule has 3 aromatic rings. The van der Waals surface area contributed by atoms with Crippen LogP contribution in [-0.2, 0) is 4.74 Å². The normalized spacial score (nSPS) is 10.9. The number of hydrogen-bond acceptors (Lipinski definition) is 4. The van der Waals surface area contributed by atoms with E-state index in [4.69, 9.17) is 4.74 Å². The highest BCUT2D eigenvalue weighted by atomic mass is 16.5. The molecule has 1 aromatic heterocycles. The largest absolute Gasteiger partial charge is 0.506 e. The highest BCUT2D eigenvalue weighted by molar-refractivity contribution is 6.11. The zero-order chi connectivity index (χ0) is 14.3. The van der Waals surface area contributed by atoms with Gasteiger partial charge in [0.05, 0.1) is 25.3 Å². The van der Waals surface area contributed by atoms with Crippen LogP contribution in [0.4, 0.5) is 0 Å². The second-order valence-corrected chi connectivity index (χ2v) is 4.45. The Morgan fingerprint density at radius 3 is 2.65 bits per heavy atom. The Morgan fingerprint density at radius 1 is 1.15 bits per heavy atom. The standard InChI is InChI=1S/C15H13NO4/c1-19-9-3-4-12-10(7-9)11-5-8(15(18)20-2)6-13(17)14(11)16-12/h3-7,16-17H,1-2H3. The van der Waals surface area contributed by atoms with Crippen molar-refractivity contribution in [1.82, 2.24) is 4.98 Å². The summed E-state index contributed by atoms with van der Waals surface area (Å²) in [6, 6.07) is 8.63. The number of methoxy groups -OCH3 is 2. The summed E-state index contributed by atoms with van der Waals surface area (Å²) in [5, 5.41) is 11.7. The molecular weight excluding hydrogens is 258 g/mol. The highest BCUT2D eigenvalue weighted by Gasteiger charge is 2.14. The van der Waals surface area contributed by atoms with Crippen LogP contribution in [0.1, 0.15) is 10.4 Å². The lowest BCUT2D eigenvalue weighted by Gasteiger charge is -2.02. The summed E-state index contributed by atoms with van der Waals surface area (Å²) in [7, 11) is 2.90. The number of ether oxygens (including phenoxy) is 2. The van der Waals surface area contributed by atoms with Crippen LogP contribution < -0.4 is 4.74 Å². The van der Waals surface area contributed by atoms with E-state index in [1.165, 1.54) is 13.2 Å². The van der Waals surface area contributed by atoms with Gasteiger partial charge in [-0.2, -0.15) is 0 Å². The van der Waals surface area contributed by atoms with Crippen molar-refractivity contribution in [3.05, 3.63) is 35.9 Å². The van der Waals surface area contributed by atoms with Crippen LogP contribution in [0.2, 0.25) is 0 Å². The van der Waals surface area contributed by atoms with Gasteiger partial charge in [0.2, 0.25) is 0 Å². The molecule has 20 heavy (non-hydrogen) atoms.